The van der Waals surface area contributed by atoms with Gasteiger partial charge in [0.15, 0.2) is 0 Å². The van der Waals surface area contributed by atoms with E-state index in [1.807, 2.05) is 12.4 Å². The molecule has 1 atom stereocenters. The second-order valence-electron chi connectivity index (χ2n) is 5.24. The van der Waals surface area contributed by atoms with E-state index in [1.54, 1.807) is 6.26 Å². The second-order valence-corrected chi connectivity index (χ2v) is 9.07. The van der Waals surface area contributed by atoms with Crippen LogP contribution in [0.25, 0.3) is 21.3 Å². The summed E-state index contributed by atoms with van der Waals surface area (Å²) in [7, 11) is 0. The van der Waals surface area contributed by atoms with Crippen LogP contribution in [0.1, 0.15) is 5.56 Å². The molecule has 0 aliphatic rings. The number of hydrogen-bond acceptors (Lipinski definition) is 4. The van der Waals surface area contributed by atoms with Crippen LogP contribution < -0.4 is 0 Å². The third-order valence-electron chi connectivity index (χ3n) is 3.62. The molecule has 0 amide bonds. The molecule has 0 bridgehead atoms. The Kier molecular flexibility index (Phi) is 4.04. The van der Waals surface area contributed by atoms with E-state index in [0.717, 1.165) is 27.8 Å². The van der Waals surface area contributed by atoms with Crippen molar-refractivity contribution in [2.24, 2.45) is 0 Å². The van der Waals surface area contributed by atoms with Crippen LogP contribution in [0.4, 0.5) is 0 Å². The van der Waals surface area contributed by atoms with Crippen molar-refractivity contribution in [3.8, 4) is 0 Å². The molecule has 23 heavy (non-hydrogen) atoms. The van der Waals surface area contributed by atoms with Crippen LogP contribution in [-0.4, -0.2) is 25.3 Å². The number of rotatable bonds is 3. The molecule has 7 heteroatoms. The molecule has 116 valence electrons. The van der Waals surface area contributed by atoms with E-state index in [9.17, 15) is 4.55 Å². The first-order chi connectivity index (χ1) is 11.1. The fourth-order valence-corrected chi connectivity index (χ4v) is 4.73. The van der Waals surface area contributed by atoms with Crippen molar-refractivity contribution >= 4 is 66.4 Å². The summed E-state index contributed by atoms with van der Waals surface area (Å²) in [5.41, 5.74) is 4.24. The Bertz CT molecular complexity index is 1010. The summed E-state index contributed by atoms with van der Waals surface area (Å²) >= 11 is 2.77. The highest BCUT2D eigenvalue weighted by Gasteiger charge is 2.12. The predicted octanol–water partition coefficient (Wildman–Crippen LogP) is 4.04. The number of imidazole rings is 1. The highest BCUT2D eigenvalue weighted by Crippen LogP contribution is 2.27. The van der Waals surface area contributed by atoms with Crippen LogP contribution in [0.3, 0.4) is 0 Å². The van der Waals surface area contributed by atoms with E-state index in [1.165, 1.54) is 20.5 Å². The zero-order valence-electron chi connectivity index (χ0n) is 12.2. The highest BCUT2D eigenvalue weighted by atomic mass is 127. The van der Waals surface area contributed by atoms with E-state index >= 15 is 0 Å². The Morgan fingerprint density at radius 2 is 2.09 bits per heavy atom. The lowest BCUT2D eigenvalue weighted by Gasteiger charge is -2.04. The summed E-state index contributed by atoms with van der Waals surface area (Å²) in [6, 6.07) is 12.5. The summed E-state index contributed by atoms with van der Waals surface area (Å²) < 4.78 is 16.7. The molecule has 0 aliphatic carbocycles. The number of hydrogen-bond donors (Lipinski definition) is 0. The molecule has 4 aromatic rings. The van der Waals surface area contributed by atoms with Crippen LogP contribution in [0.15, 0.2) is 47.1 Å². The molecule has 0 aliphatic heterocycles. The van der Waals surface area contributed by atoms with Gasteiger partial charge in [-0.25, -0.2) is 4.98 Å². The van der Waals surface area contributed by atoms with Gasteiger partial charge in [0.05, 0.1) is 27.6 Å². The minimum absolute atomic E-state index is 0.680. The van der Waals surface area contributed by atoms with Gasteiger partial charge in [-0.2, -0.15) is 4.98 Å². The quantitative estimate of drug-likeness (QED) is 0.348. The van der Waals surface area contributed by atoms with Crippen LogP contribution in [0.5, 0.6) is 0 Å². The topological polar surface area (TPSA) is 53.8 Å². The van der Waals surface area contributed by atoms with Gasteiger partial charge in [-0.1, -0.05) is 17.4 Å². The van der Waals surface area contributed by atoms with Crippen LogP contribution in [0, 0.1) is 3.57 Å². The van der Waals surface area contributed by atoms with E-state index in [4.69, 9.17) is 0 Å². The zero-order chi connectivity index (χ0) is 16.0. The Morgan fingerprint density at radius 3 is 2.91 bits per heavy atom. The summed E-state index contributed by atoms with van der Waals surface area (Å²) in [6.45, 7) is 0.759. The van der Waals surface area contributed by atoms with E-state index in [0.29, 0.717) is 4.34 Å². The molecule has 0 radical (unpaired) electrons. The van der Waals surface area contributed by atoms with Gasteiger partial charge in [0.25, 0.3) is 0 Å². The maximum atomic E-state index is 11.6. The number of nitrogens with zero attached hydrogens (tertiary/aromatic N) is 3. The maximum absolute atomic E-state index is 11.6. The number of fused-ring (bicyclic) bond motifs is 2. The molecule has 0 saturated carbocycles. The Labute approximate surface area is 153 Å². The van der Waals surface area contributed by atoms with Gasteiger partial charge < -0.3 is 9.12 Å². The summed E-state index contributed by atoms with van der Waals surface area (Å²) in [4.78, 5) is 8.88. The number of halogens is 1. The third-order valence-corrected chi connectivity index (χ3v) is 6.64. The number of benzene rings is 2. The van der Waals surface area contributed by atoms with Gasteiger partial charge in [-0.15, -0.1) is 0 Å². The highest BCUT2D eigenvalue weighted by molar-refractivity contribution is 14.1. The van der Waals surface area contributed by atoms with Crippen molar-refractivity contribution in [2.45, 2.75) is 10.9 Å². The molecule has 4 rings (SSSR count). The van der Waals surface area contributed by atoms with E-state index in [2.05, 4.69) is 67.5 Å². The van der Waals surface area contributed by atoms with Crippen molar-refractivity contribution in [2.75, 3.05) is 6.26 Å². The van der Waals surface area contributed by atoms with Crippen molar-refractivity contribution < 1.29 is 4.55 Å². The van der Waals surface area contributed by atoms with Gasteiger partial charge in [0.2, 0.25) is 0 Å². The first-order valence-electron chi connectivity index (χ1n) is 6.93. The van der Waals surface area contributed by atoms with Crippen molar-refractivity contribution in [1.29, 1.82) is 0 Å². The predicted molar refractivity (Wildman–Crippen MR) is 104 cm³/mol. The molecule has 1 unspecified atom stereocenters. The Morgan fingerprint density at radius 1 is 1.22 bits per heavy atom. The van der Waals surface area contributed by atoms with Crippen molar-refractivity contribution in [3.63, 3.8) is 0 Å². The van der Waals surface area contributed by atoms with Gasteiger partial charge in [-0.3, -0.25) is 0 Å². The molecule has 2 heterocycles. The van der Waals surface area contributed by atoms with Gasteiger partial charge in [0, 0.05) is 21.3 Å². The molecule has 2 aromatic carbocycles. The van der Waals surface area contributed by atoms with E-state index in [-0.39, 0.29) is 0 Å². The first kappa shape index (κ1) is 15.4. The largest absolute Gasteiger partial charge is 0.610 e. The molecule has 0 saturated heterocycles. The van der Waals surface area contributed by atoms with Gasteiger partial charge in [0.1, 0.15) is 6.26 Å². The van der Waals surface area contributed by atoms with Crippen LogP contribution >= 0.6 is 33.9 Å². The Hall–Kier alpha value is -1.16. The van der Waals surface area contributed by atoms with Crippen LogP contribution in [-0.2, 0) is 17.7 Å². The average Bonchev–Trinajstić information content (AvgIpc) is 3.11. The lowest BCUT2D eigenvalue weighted by atomic mass is 10.2. The fourth-order valence-electron chi connectivity index (χ4n) is 2.53. The lowest BCUT2D eigenvalue weighted by Crippen LogP contribution is -1.97. The number of thiazole rings is 1. The maximum Gasteiger partial charge on any atom is 0.302 e. The molecule has 2 aromatic heterocycles. The summed E-state index contributed by atoms with van der Waals surface area (Å²) in [5.74, 6) is 0. The molecule has 0 fully saturated rings. The summed E-state index contributed by atoms with van der Waals surface area (Å²) in [6.07, 6.45) is 3.54. The van der Waals surface area contributed by atoms with E-state index < -0.39 is 11.2 Å². The monoisotopic (exact) mass is 453 g/mol. The third kappa shape index (κ3) is 2.98. The molecular formula is C16H12IN3OS2. The normalized spacial score (nSPS) is 13.0. The molecule has 0 N–H and O–H groups in total. The smallest absolute Gasteiger partial charge is 0.302 e. The van der Waals surface area contributed by atoms with Gasteiger partial charge >= 0.3 is 4.34 Å². The van der Waals surface area contributed by atoms with Gasteiger partial charge in [-0.05, 0) is 58.5 Å². The SMILES string of the molecule is C[S+]([O-])c1nc2ccc(Cn3cnc4cc(I)ccc43)cc2s1. The standard InChI is InChI=1S/C16H12IN3OS2/c1-23(21)16-19-12-4-2-10(6-15(12)22-16)8-20-9-18-13-7-11(17)3-5-14(13)20/h2-7,9H,8H2,1H3. The summed E-state index contributed by atoms with van der Waals surface area (Å²) in [5, 5.41) is 0. The molecule has 0 spiro atoms. The van der Waals surface area contributed by atoms with Crippen molar-refractivity contribution in [1.82, 2.24) is 14.5 Å². The van der Waals surface area contributed by atoms with Crippen LogP contribution in [0.2, 0.25) is 0 Å². The minimum atomic E-state index is -1.03. The fraction of sp³-hybridized carbons (Fsp3) is 0.125. The lowest BCUT2D eigenvalue weighted by molar-refractivity contribution is 0.600. The first-order valence-corrected chi connectivity index (χ1v) is 10.4. The Balaban J connectivity index is 1.71. The average molecular weight is 453 g/mol. The zero-order valence-corrected chi connectivity index (χ0v) is 16.0. The number of aromatic nitrogens is 3. The molecular weight excluding hydrogens is 441 g/mol. The minimum Gasteiger partial charge on any atom is -0.610 e. The second kappa shape index (κ2) is 6.04. The molecule has 4 nitrogen and oxygen atoms in total. The van der Waals surface area contributed by atoms with Crippen molar-refractivity contribution in [3.05, 3.63) is 51.9 Å².